The van der Waals surface area contributed by atoms with Gasteiger partial charge < -0.3 is 15.0 Å². The van der Waals surface area contributed by atoms with Gasteiger partial charge in [0, 0.05) is 36.1 Å². The van der Waals surface area contributed by atoms with Crippen LogP contribution in [0.5, 0.6) is 0 Å². The van der Waals surface area contributed by atoms with Crippen molar-refractivity contribution in [3.05, 3.63) is 54.4 Å². The van der Waals surface area contributed by atoms with E-state index in [-0.39, 0.29) is 11.8 Å². The second kappa shape index (κ2) is 6.84. The molecule has 0 saturated heterocycles. The molecule has 1 aromatic carbocycles. The molecule has 24 heavy (non-hydrogen) atoms. The lowest BCUT2D eigenvalue weighted by Crippen LogP contribution is -2.28. The zero-order chi connectivity index (χ0) is 17.1. The third kappa shape index (κ3) is 3.31. The quantitative estimate of drug-likeness (QED) is 0.759. The van der Waals surface area contributed by atoms with Gasteiger partial charge in [-0.1, -0.05) is 25.1 Å². The van der Waals surface area contributed by atoms with Gasteiger partial charge in [0.1, 0.15) is 5.65 Å². The molecule has 0 fully saturated rings. The number of amides is 1. The molecule has 0 bridgehead atoms. The summed E-state index contributed by atoms with van der Waals surface area (Å²) in [4.78, 5) is 16.7. The van der Waals surface area contributed by atoms with Crippen LogP contribution in [-0.4, -0.2) is 28.9 Å². The first kappa shape index (κ1) is 16.2. The number of hydrogen-bond donors (Lipinski definition) is 2. The maximum Gasteiger partial charge on any atom is 0.228 e. The van der Waals surface area contributed by atoms with E-state index in [1.165, 1.54) is 0 Å². The predicted octanol–water partition coefficient (Wildman–Crippen LogP) is 3.10. The van der Waals surface area contributed by atoms with E-state index in [2.05, 4.69) is 23.6 Å². The summed E-state index contributed by atoms with van der Waals surface area (Å²) < 4.78 is 2.03. The van der Waals surface area contributed by atoms with E-state index in [1.54, 1.807) is 0 Å². The van der Waals surface area contributed by atoms with E-state index >= 15 is 0 Å². The van der Waals surface area contributed by atoms with E-state index < -0.39 is 0 Å². The number of hydrogen-bond acceptors (Lipinski definition) is 3. The zero-order valence-electron chi connectivity index (χ0n) is 14.2. The van der Waals surface area contributed by atoms with Crippen LogP contribution in [0.25, 0.3) is 16.9 Å². The lowest BCUT2D eigenvalue weighted by Gasteiger charge is -2.11. The molecule has 5 heteroatoms. The average Bonchev–Trinajstić information content (AvgIpc) is 3.01. The Kier molecular flexibility index (Phi) is 4.62. The lowest BCUT2D eigenvalue weighted by atomic mass is 10.1. The third-order valence-electron chi connectivity index (χ3n) is 4.08. The Morgan fingerprint density at radius 3 is 2.67 bits per heavy atom. The number of nitrogens with zero attached hydrogens (tertiary/aromatic N) is 2. The topological polar surface area (TPSA) is 58.4 Å². The average molecular weight is 322 g/mol. The van der Waals surface area contributed by atoms with E-state index in [0.717, 1.165) is 28.2 Å². The molecule has 0 aliphatic carbocycles. The van der Waals surface area contributed by atoms with Gasteiger partial charge >= 0.3 is 0 Å². The molecule has 0 radical (unpaired) electrons. The number of aromatic nitrogens is 2. The number of aryl methyl sites for hydroxylation is 1. The minimum atomic E-state index is -0.0731. The van der Waals surface area contributed by atoms with Crippen LogP contribution in [-0.2, 0) is 4.79 Å². The fraction of sp³-hybridized carbons (Fsp3) is 0.263. The number of rotatable bonds is 5. The van der Waals surface area contributed by atoms with Crippen LogP contribution >= 0.6 is 0 Å². The Morgan fingerprint density at radius 1 is 1.25 bits per heavy atom. The van der Waals surface area contributed by atoms with Crippen molar-refractivity contribution in [1.82, 2.24) is 14.7 Å². The molecule has 1 unspecified atom stereocenters. The molecule has 2 heterocycles. The predicted molar refractivity (Wildman–Crippen MR) is 97.1 cm³/mol. The van der Waals surface area contributed by atoms with Gasteiger partial charge in [0.05, 0.1) is 5.69 Å². The first-order valence-electron chi connectivity index (χ1n) is 8.08. The summed E-state index contributed by atoms with van der Waals surface area (Å²) >= 11 is 0. The largest absolute Gasteiger partial charge is 0.326 e. The highest BCUT2D eigenvalue weighted by Crippen LogP contribution is 2.22. The molecule has 1 atom stereocenters. The van der Waals surface area contributed by atoms with Gasteiger partial charge in [0.25, 0.3) is 0 Å². The molecule has 2 aromatic heterocycles. The Balaban J connectivity index is 1.78. The van der Waals surface area contributed by atoms with Crippen molar-refractivity contribution in [2.75, 3.05) is 18.9 Å². The molecule has 3 rings (SSSR count). The minimum absolute atomic E-state index is 0.0143. The Hall–Kier alpha value is -2.66. The molecule has 2 N–H and O–H groups in total. The molecule has 0 saturated carbocycles. The van der Waals surface area contributed by atoms with Crippen LogP contribution in [0, 0.1) is 12.8 Å². The van der Waals surface area contributed by atoms with E-state index in [1.807, 2.05) is 61.1 Å². The van der Waals surface area contributed by atoms with Crippen LogP contribution in [0.15, 0.2) is 48.8 Å². The van der Waals surface area contributed by atoms with Gasteiger partial charge in [0.15, 0.2) is 0 Å². The van der Waals surface area contributed by atoms with Crippen LogP contribution in [0.2, 0.25) is 0 Å². The summed E-state index contributed by atoms with van der Waals surface area (Å²) in [6.45, 7) is 4.61. The van der Waals surface area contributed by atoms with Gasteiger partial charge in [0.2, 0.25) is 5.91 Å². The Labute approximate surface area is 141 Å². The van der Waals surface area contributed by atoms with Crippen LogP contribution < -0.4 is 10.6 Å². The Morgan fingerprint density at radius 2 is 2.00 bits per heavy atom. The van der Waals surface area contributed by atoms with Gasteiger partial charge in [-0.25, -0.2) is 4.98 Å². The van der Waals surface area contributed by atoms with Crippen LogP contribution in [0.4, 0.5) is 5.69 Å². The number of nitrogens with one attached hydrogen (secondary N) is 2. The van der Waals surface area contributed by atoms with Gasteiger partial charge in [-0.05, 0) is 37.7 Å². The molecule has 0 aliphatic heterocycles. The summed E-state index contributed by atoms with van der Waals surface area (Å²) in [5, 5.41) is 5.95. The van der Waals surface area contributed by atoms with Gasteiger partial charge in [-0.2, -0.15) is 0 Å². The number of carbonyl (C=O) groups is 1. The number of pyridine rings is 1. The monoisotopic (exact) mass is 322 g/mol. The van der Waals surface area contributed by atoms with Crippen molar-refractivity contribution in [2.24, 2.45) is 5.92 Å². The second-order valence-electron chi connectivity index (χ2n) is 6.07. The SMILES string of the molecule is CNCC(C)C(=O)Nc1ccc(-c2cn3cccc(C)c3n2)cc1. The fourth-order valence-electron chi connectivity index (χ4n) is 2.68. The fourth-order valence-corrected chi connectivity index (χ4v) is 2.68. The van der Waals surface area contributed by atoms with Crippen molar-refractivity contribution in [3.63, 3.8) is 0 Å². The highest BCUT2D eigenvalue weighted by atomic mass is 16.1. The third-order valence-corrected chi connectivity index (χ3v) is 4.08. The van der Waals surface area contributed by atoms with E-state index in [9.17, 15) is 4.79 Å². The highest BCUT2D eigenvalue weighted by molar-refractivity contribution is 5.92. The molecular formula is C19H22N4O. The van der Waals surface area contributed by atoms with Crippen molar-refractivity contribution in [2.45, 2.75) is 13.8 Å². The van der Waals surface area contributed by atoms with Crippen LogP contribution in [0.3, 0.4) is 0 Å². The maximum atomic E-state index is 12.0. The summed E-state index contributed by atoms with van der Waals surface area (Å²) in [6.07, 6.45) is 4.02. The van der Waals surface area contributed by atoms with Crippen LogP contribution in [0.1, 0.15) is 12.5 Å². The molecule has 0 aliphatic rings. The molecule has 5 nitrogen and oxygen atoms in total. The summed E-state index contributed by atoms with van der Waals surface area (Å²) in [6, 6.07) is 11.9. The van der Waals surface area contributed by atoms with Crippen molar-refractivity contribution in [1.29, 1.82) is 0 Å². The first-order chi connectivity index (χ1) is 11.6. The number of imidazole rings is 1. The van der Waals surface area contributed by atoms with E-state index in [0.29, 0.717) is 6.54 Å². The second-order valence-corrected chi connectivity index (χ2v) is 6.07. The molecular weight excluding hydrogens is 300 g/mol. The smallest absolute Gasteiger partial charge is 0.228 e. The number of anilines is 1. The molecule has 124 valence electrons. The number of benzene rings is 1. The molecule has 3 aromatic rings. The maximum absolute atomic E-state index is 12.0. The first-order valence-corrected chi connectivity index (χ1v) is 8.08. The standard InChI is InChI=1S/C19H22N4O/c1-13-5-4-10-23-12-17(22-18(13)23)15-6-8-16(9-7-15)21-19(24)14(2)11-20-3/h4-10,12,14,20H,11H2,1-3H3,(H,21,24). The zero-order valence-corrected chi connectivity index (χ0v) is 14.2. The summed E-state index contributed by atoms with van der Waals surface area (Å²) in [5.74, 6) is -0.0588. The lowest BCUT2D eigenvalue weighted by molar-refractivity contribution is -0.119. The molecule has 1 amide bonds. The van der Waals surface area contributed by atoms with E-state index in [4.69, 9.17) is 4.98 Å². The summed E-state index contributed by atoms with van der Waals surface area (Å²) in [5.41, 5.74) is 4.86. The number of fused-ring (bicyclic) bond motifs is 1. The van der Waals surface area contributed by atoms with Crippen molar-refractivity contribution >= 4 is 17.2 Å². The number of carbonyl (C=O) groups excluding carboxylic acids is 1. The van der Waals surface area contributed by atoms with Crippen molar-refractivity contribution in [3.8, 4) is 11.3 Å². The summed E-state index contributed by atoms with van der Waals surface area (Å²) in [7, 11) is 1.84. The normalized spacial score (nSPS) is 12.3. The Bertz CT molecular complexity index is 851. The minimum Gasteiger partial charge on any atom is -0.326 e. The van der Waals surface area contributed by atoms with Crippen molar-refractivity contribution < 1.29 is 4.79 Å². The van der Waals surface area contributed by atoms with Gasteiger partial charge in [-0.3, -0.25) is 4.79 Å². The molecule has 0 spiro atoms. The van der Waals surface area contributed by atoms with Gasteiger partial charge in [-0.15, -0.1) is 0 Å². The highest BCUT2D eigenvalue weighted by Gasteiger charge is 2.12.